The van der Waals surface area contributed by atoms with Gasteiger partial charge in [0, 0.05) is 20.1 Å². The minimum Gasteiger partial charge on any atom is -0.497 e. The van der Waals surface area contributed by atoms with E-state index >= 15 is 0 Å². The molecule has 0 bridgehead atoms. The Morgan fingerprint density at radius 3 is 2.41 bits per heavy atom. The number of benzene rings is 2. The van der Waals surface area contributed by atoms with E-state index in [2.05, 4.69) is 46.8 Å². The summed E-state index contributed by atoms with van der Waals surface area (Å²) in [6, 6.07) is 16.3. The topological polar surface area (TPSA) is 54.9 Å². The third-order valence-corrected chi connectivity index (χ3v) is 4.34. The van der Waals surface area contributed by atoms with Gasteiger partial charge in [-0.05, 0) is 41.7 Å². The minimum absolute atomic E-state index is 0. The van der Waals surface area contributed by atoms with Gasteiger partial charge in [-0.1, -0.05) is 37.3 Å². The average Bonchev–Trinajstić information content (AvgIpc) is 2.70. The summed E-state index contributed by atoms with van der Waals surface area (Å²) in [6.45, 7) is 3.78. The van der Waals surface area contributed by atoms with Gasteiger partial charge in [-0.3, -0.25) is 4.99 Å². The molecule has 2 aromatic carbocycles. The summed E-state index contributed by atoms with van der Waals surface area (Å²) in [5.74, 6) is 2.91. The van der Waals surface area contributed by atoms with E-state index in [1.165, 1.54) is 5.56 Å². The monoisotopic (exact) mass is 483 g/mol. The molecule has 0 aliphatic rings. The number of nitrogens with zero attached hydrogens (tertiary/aromatic N) is 1. The Hall–Kier alpha value is -1.96. The van der Waals surface area contributed by atoms with Crippen molar-refractivity contribution in [1.29, 1.82) is 0 Å². The first-order valence-corrected chi connectivity index (χ1v) is 8.88. The average molecular weight is 483 g/mol. The molecule has 0 heterocycles. The standard InChI is InChI=1S/C21H29N3O2.HI/c1-16(17-8-6-5-7-9-17)15-24-21(22-2)23-13-12-18-14-19(25-3)10-11-20(18)26-4;/h5-11,14,16H,12-13,15H2,1-4H3,(H2,22,23,24);1H. The van der Waals surface area contributed by atoms with Gasteiger partial charge in [0.25, 0.3) is 0 Å². The predicted octanol–water partition coefficient (Wildman–Crippen LogP) is 3.83. The maximum atomic E-state index is 5.43. The molecule has 0 aliphatic heterocycles. The lowest BCUT2D eigenvalue weighted by atomic mass is 10.0. The molecule has 5 nitrogen and oxygen atoms in total. The van der Waals surface area contributed by atoms with E-state index in [4.69, 9.17) is 9.47 Å². The molecule has 27 heavy (non-hydrogen) atoms. The van der Waals surface area contributed by atoms with Crippen molar-refractivity contribution >= 4 is 29.9 Å². The normalized spacial score (nSPS) is 11.9. The molecule has 6 heteroatoms. The number of halogens is 1. The summed E-state index contributed by atoms with van der Waals surface area (Å²) in [6.07, 6.45) is 0.815. The smallest absolute Gasteiger partial charge is 0.191 e. The quantitative estimate of drug-likeness (QED) is 0.341. The number of nitrogens with one attached hydrogen (secondary N) is 2. The maximum Gasteiger partial charge on any atom is 0.191 e. The van der Waals surface area contributed by atoms with E-state index in [-0.39, 0.29) is 24.0 Å². The third kappa shape index (κ3) is 7.28. The Morgan fingerprint density at radius 2 is 1.78 bits per heavy atom. The number of hydrogen-bond acceptors (Lipinski definition) is 3. The number of ether oxygens (including phenoxy) is 2. The number of guanidine groups is 1. The SMILES string of the molecule is CN=C(NCCc1cc(OC)ccc1OC)NCC(C)c1ccccc1.I. The first kappa shape index (κ1) is 23.1. The van der Waals surface area contributed by atoms with Crippen molar-refractivity contribution in [3.05, 3.63) is 59.7 Å². The van der Waals surface area contributed by atoms with Crippen LogP contribution in [0.1, 0.15) is 24.0 Å². The van der Waals surface area contributed by atoms with Crippen LogP contribution in [0, 0.1) is 0 Å². The molecule has 0 fully saturated rings. The molecule has 0 aliphatic carbocycles. The van der Waals surface area contributed by atoms with Gasteiger partial charge in [0.2, 0.25) is 0 Å². The second-order valence-electron chi connectivity index (χ2n) is 6.12. The van der Waals surface area contributed by atoms with E-state index in [1.807, 2.05) is 24.3 Å². The Bertz CT molecular complexity index is 708. The van der Waals surface area contributed by atoms with Crippen molar-refractivity contribution < 1.29 is 9.47 Å². The zero-order valence-electron chi connectivity index (χ0n) is 16.5. The highest BCUT2D eigenvalue weighted by Gasteiger charge is 2.08. The Labute approximate surface area is 179 Å². The van der Waals surface area contributed by atoms with Crippen molar-refractivity contribution in [1.82, 2.24) is 10.6 Å². The summed E-state index contributed by atoms with van der Waals surface area (Å²) >= 11 is 0. The molecule has 148 valence electrons. The number of methoxy groups -OCH3 is 2. The fourth-order valence-electron chi connectivity index (χ4n) is 2.76. The van der Waals surface area contributed by atoms with Crippen molar-refractivity contribution in [2.45, 2.75) is 19.3 Å². The zero-order chi connectivity index (χ0) is 18.8. The first-order chi connectivity index (χ1) is 12.7. The van der Waals surface area contributed by atoms with Crippen molar-refractivity contribution in [2.24, 2.45) is 4.99 Å². The van der Waals surface area contributed by atoms with E-state index in [0.29, 0.717) is 5.92 Å². The minimum atomic E-state index is 0. The van der Waals surface area contributed by atoms with Crippen LogP contribution < -0.4 is 20.1 Å². The second-order valence-corrected chi connectivity index (χ2v) is 6.12. The second kappa shape index (κ2) is 12.4. The highest BCUT2D eigenvalue weighted by molar-refractivity contribution is 14.0. The van der Waals surface area contributed by atoms with Crippen molar-refractivity contribution in [2.75, 3.05) is 34.4 Å². The van der Waals surface area contributed by atoms with Gasteiger partial charge in [-0.2, -0.15) is 0 Å². The molecule has 0 radical (unpaired) electrons. The molecule has 1 unspecified atom stereocenters. The summed E-state index contributed by atoms with van der Waals surface area (Å²) in [4.78, 5) is 4.30. The van der Waals surface area contributed by atoms with Crippen LogP contribution in [0.3, 0.4) is 0 Å². The molecule has 0 aromatic heterocycles. The summed E-state index contributed by atoms with van der Waals surface area (Å²) in [5, 5.41) is 6.74. The van der Waals surface area contributed by atoms with Crippen LogP contribution in [-0.4, -0.2) is 40.3 Å². The molecule has 0 amide bonds. The van der Waals surface area contributed by atoms with E-state index < -0.39 is 0 Å². The summed E-state index contributed by atoms with van der Waals surface area (Å²) in [7, 11) is 5.14. The molecule has 2 aromatic rings. The fraction of sp³-hybridized carbons (Fsp3) is 0.381. The Kier molecular flexibility index (Phi) is 10.6. The van der Waals surface area contributed by atoms with Gasteiger partial charge in [0.1, 0.15) is 11.5 Å². The molecule has 1 atom stereocenters. The van der Waals surface area contributed by atoms with Crippen LogP contribution in [-0.2, 0) is 6.42 Å². The van der Waals surface area contributed by atoms with Crippen LogP contribution in [0.4, 0.5) is 0 Å². The highest BCUT2D eigenvalue weighted by Crippen LogP contribution is 2.24. The van der Waals surface area contributed by atoms with Crippen molar-refractivity contribution in [3.8, 4) is 11.5 Å². The van der Waals surface area contributed by atoms with Crippen LogP contribution in [0.25, 0.3) is 0 Å². The molecule has 0 saturated heterocycles. The van der Waals surface area contributed by atoms with Gasteiger partial charge >= 0.3 is 0 Å². The summed E-state index contributed by atoms with van der Waals surface area (Å²) < 4.78 is 10.7. The Morgan fingerprint density at radius 1 is 1.04 bits per heavy atom. The van der Waals surface area contributed by atoms with E-state index in [1.54, 1.807) is 21.3 Å². The zero-order valence-corrected chi connectivity index (χ0v) is 18.8. The maximum absolute atomic E-state index is 5.43. The highest BCUT2D eigenvalue weighted by atomic mass is 127. The van der Waals surface area contributed by atoms with Crippen LogP contribution >= 0.6 is 24.0 Å². The van der Waals surface area contributed by atoms with Crippen LogP contribution in [0.15, 0.2) is 53.5 Å². The van der Waals surface area contributed by atoms with Gasteiger partial charge in [0.15, 0.2) is 5.96 Å². The summed E-state index contributed by atoms with van der Waals surface area (Å²) in [5.41, 5.74) is 2.42. The lowest BCUT2D eigenvalue weighted by Crippen LogP contribution is -2.39. The van der Waals surface area contributed by atoms with Crippen molar-refractivity contribution in [3.63, 3.8) is 0 Å². The van der Waals surface area contributed by atoms with Gasteiger partial charge in [-0.25, -0.2) is 0 Å². The first-order valence-electron chi connectivity index (χ1n) is 8.88. The molecule has 2 rings (SSSR count). The molecular formula is C21H30IN3O2. The molecule has 0 saturated carbocycles. The predicted molar refractivity (Wildman–Crippen MR) is 123 cm³/mol. The number of aliphatic imine (C=N–C) groups is 1. The third-order valence-electron chi connectivity index (χ3n) is 4.34. The number of hydrogen-bond donors (Lipinski definition) is 2. The lowest BCUT2D eigenvalue weighted by Gasteiger charge is -2.17. The molecule has 0 spiro atoms. The molecular weight excluding hydrogens is 453 g/mol. The van der Waals surface area contributed by atoms with Crippen LogP contribution in [0.5, 0.6) is 11.5 Å². The number of rotatable bonds is 8. The van der Waals surface area contributed by atoms with Gasteiger partial charge in [0.05, 0.1) is 14.2 Å². The van der Waals surface area contributed by atoms with E-state index in [9.17, 15) is 0 Å². The van der Waals surface area contributed by atoms with Gasteiger partial charge < -0.3 is 20.1 Å². The lowest BCUT2D eigenvalue weighted by molar-refractivity contribution is 0.398. The van der Waals surface area contributed by atoms with Crippen LogP contribution in [0.2, 0.25) is 0 Å². The van der Waals surface area contributed by atoms with Gasteiger partial charge in [-0.15, -0.1) is 24.0 Å². The molecule has 2 N–H and O–H groups in total. The fourth-order valence-corrected chi connectivity index (χ4v) is 2.76. The Balaban J connectivity index is 0.00000364. The largest absolute Gasteiger partial charge is 0.497 e. The van der Waals surface area contributed by atoms with E-state index in [0.717, 1.165) is 42.5 Å².